The van der Waals surface area contributed by atoms with Gasteiger partial charge in [0.05, 0.1) is 5.69 Å². The van der Waals surface area contributed by atoms with Gasteiger partial charge in [-0.1, -0.05) is 6.42 Å². The Morgan fingerprint density at radius 3 is 2.83 bits per heavy atom. The van der Waals surface area contributed by atoms with Gasteiger partial charge in [-0.3, -0.25) is 0 Å². The fourth-order valence-corrected chi connectivity index (χ4v) is 1.45. The summed E-state index contributed by atoms with van der Waals surface area (Å²) in [6.45, 7) is 0.516. The lowest BCUT2D eigenvalue weighted by molar-refractivity contribution is 0.410. The van der Waals surface area contributed by atoms with Crippen LogP contribution in [0.5, 0.6) is 0 Å². The second-order valence-electron chi connectivity index (χ2n) is 3.27. The molecule has 1 heterocycles. The molecular formula is C9H13N3. The molecule has 1 aliphatic rings. The number of hydrogen-bond donors (Lipinski definition) is 1. The predicted molar refractivity (Wildman–Crippen MR) is 46.5 cm³/mol. The number of aromatic nitrogens is 2. The van der Waals surface area contributed by atoms with Crippen LogP contribution in [0.25, 0.3) is 0 Å². The van der Waals surface area contributed by atoms with Gasteiger partial charge in [0.1, 0.15) is 6.33 Å². The molecule has 0 saturated heterocycles. The largest absolute Gasteiger partial charge is 0.325 e. The third kappa shape index (κ3) is 1.32. The lowest BCUT2D eigenvalue weighted by Gasteiger charge is -2.24. The van der Waals surface area contributed by atoms with Gasteiger partial charge < -0.3 is 5.73 Å². The molecule has 1 fully saturated rings. The average molecular weight is 163 g/mol. The van der Waals surface area contributed by atoms with Gasteiger partial charge >= 0.3 is 0 Å². The first-order chi connectivity index (χ1) is 5.90. The number of rotatable bonds is 2. The monoisotopic (exact) mass is 163 g/mol. The molecule has 0 amide bonds. The van der Waals surface area contributed by atoms with E-state index in [1.165, 1.54) is 25.0 Å². The molecule has 3 heteroatoms. The van der Waals surface area contributed by atoms with E-state index in [1.54, 1.807) is 6.33 Å². The minimum absolute atomic E-state index is 0.516. The van der Waals surface area contributed by atoms with Gasteiger partial charge in [0.15, 0.2) is 0 Å². The molecule has 1 aliphatic carbocycles. The maximum Gasteiger partial charge on any atom is 0.115 e. The first kappa shape index (κ1) is 7.68. The highest BCUT2D eigenvalue weighted by Crippen LogP contribution is 2.34. The van der Waals surface area contributed by atoms with Crippen molar-refractivity contribution in [1.29, 1.82) is 0 Å². The van der Waals surface area contributed by atoms with E-state index in [0.29, 0.717) is 12.5 Å². The van der Waals surface area contributed by atoms with Crippen LogP contribution in [0.3, 0.4) is 0 Å². The Morgan fingerprint density at radius 1 is 1.42 bits per heavy atom. The van der Waals surface area contributed by atoms with E-state index in [2.05, 4.69) is 9.97 Å². The van der Waals surface area contributed by atoms with E-state index in [-0.39, 0.29) is 0 Å². The maximum atomic E-state index is 5.49. The summed E-state index contributed by atoms with van der Waals surface area (Å²) in [5, 5.41) is 0. The summed E-state index contributed by atoms with van der Waals surface area (Å²) in [5.74, 6) is 0.679. The fourth-order valence-electron chi connectivity index (χ4n) is 1.45. The summed E-state index contributed by atoms with van der Waals surface area (Å²) in [4.78, 5) is 8.31. The van der Waals surface area contributed by atoms with Crippen molar-refractivity contribution in [2.75, 3.05) is 0 Å². The van der Waals surface area contributed by atoms with E-state index in [4.69, 9.17) is 5.73 Å². The third-order valence-electron chi connectivity index (χ3n) is 2.48. The zero-order valence-electron chi connectivity index (χ0n) is 7.03. The average Bonchev–Trinajstić information content (AvgIpc) is 2.02. The fraction of sp³-hybridized carbons (Fsp3) is 0.556. The molecule has 0 spiro atoms. The van der Waals surface area contributed by atoms with E-state index >= 15 is 0 Å². The summed E-state index contributed by atoms with van der Waals surface area (Å²) in [6.07, 6.45) is 5.52. The van der Waals surface area contributed by atoms with E-state index in [1.807, 2.05) is 6.07 Å². The van der Waals surface area contributed by atoms with Crippen molar-refractivity contribution in [2.24, 2.45) is 5.73 Å². The quantitative estimate of drug-likeness (QED) is 0.712. The lowest BCUT2D eigenvalue weighted by Crippen LogP contribution is -2.12. The molecule has 2 N–H and O–H groups in total. The molecule has 0 aliphatic heterocycles. The molecule has 2 rings (SSSR count). The van der Waals surface area contributed by atoms with Gasteiger partial charge in [0, 0.05) is 18.2 Å². The highest BCUT2D eigenvalue weighted by molar-refractivity contribution is 5.14. The molecule has 1 saturated carbocycles. The topological polar surface area (TPSA) is 51.8 Å². The van der Waals surface area contributed by atoms with Crippen LogP contribution in [-0.2, 0) is 6.54 Å². The number of hydrogen-bond acceptors (Lipinski definition) is 3. The molecule has 0 unspecified atom stereocenters. The molecule has 0 radical (unpaired) electrons. The Kier molecular flexibility index (Phi) is 2.04. The van der Waals surface area contributed by atoms with Gasteiger partial charge in [-0.2, -0.15) is 0 Å². The summed E-state index contributed by atoms with van der Waals surface area (Å²) in [7, 11) is 0. The van der Waals surface area contributed by atoms with Crippen molar-refractivity contribution in [3.8, 4) is 0 Å². The highest BCUT2D eigenvalue weighted by Gasteiger charge is 2.20. The van der Waals surface area contributed by atoms with Crippen LogP contribution in [0, 0.1) is 0 Å². The van der Waals surface area contributed by atoms with Gasteiger partial charge in [-0.05, 0) is 18.9 Å². The summed E-state index contributed by atoms with van der Waals surface area (Å²) in [6, 6.07) is 2.03. The van der Waals surface area contributed by atoms with Crippen LogP contribution in [0.1, 0.15) is 36.6 Å². The van der Waals surface area contributed by atoms with Crippen molar-refractivity contribution >= 4 is 0 Å². The standard InChI is InChI=1S/C9H13N3/c10-5-8-4-9(12-6-11-8)7-2-1-3-7/h4,6-7H,1-3,5,10H2. The Labute approximate surface area is 72.0 Å². The molecule has 0 bridgehead atoms. The molecule has 12 heavy (non-hydrogen) atoms. The zero-order valence-corrected chi connectivity index (χ0v) is 7.03. The third-order valence-corrected chi connectivity index (χ3v) is 2.48. The van der Waals surface area contributed by atoms with Crippen LogP contribution >= 0.6 is 0 Å². The van der Waals surface area contributed by atoms with Crippen molar-refractivity contribution in [3.63, 3.8) is 0 Å². The van der Waals surface area contributed by atoms with Crippen molar-refractivity contribution < 1.29 is 0 Å². The molecule has 1 aromatic heterocycles. The van der Waals surface area contributed by atoms with Crippen LogP contribution in [0.15, 0.2) is 12.4 Å². The van der Waals surface area contributed by atoms with Crippen molar-refractivity contribution in [2.45, 2.75) is 31.7 Å². The minimum atomic E-state index is 0.516. The Bertz CT molecular complexity index is 268. The normalized spacial score (nSPS) is 17.4. The van der Waals surface area contributed by atoms with E-state index in [9.17, 15) is 0 Å². The predicted octanol–water partition coefficient (Wildman–Crippen LogP) is 1.20. The first-order valence-corrected chi connectivity index (χ1v) is 4.41. The smallest absolute Gasteiger partial charge is 0.115 e. The maximum absolute atomic E-state index is 5.49. The van der Waals surface area contributed by atoms with Crippen molar-refractivity contribution in [3.05, 3.63) is 23.8 Å². The second-order valence-corrected chi connectivity index (χ2v) is 3.27. The number of nitrogens with two attached hydrogens (primary N) is 1. The zero-order chi connectivity index (χ0) is 8.39. The minimum Gasteiger partial charge on any atom is -0.325 e. The second kappa shape index (κ2) is 3.19. The lowest BCUT2D eigenvalue weighted by atomic mass is 9.83. The molecule has 0 atom stereocenters. The van der Waals surface area contributed by atoms with Crippen LogP contribution in [0.4, 0.5) is 0 Å². The van der Waals surface area contributed by atoms with Crippen molar-refractivity contribution in [1.82, 2.24) is 9.97 Å². The SMILES string of the molecule is NCc1cc(C2CCC2)ncn1. The van der Waals surface area contributed by atoms with Gasteiger partial charge in [-0.25, -0.2) is 9.97 Å². The first-order valence-electron chi connectivity index (χ1n) is 4.41. The van der Waals surface area contributed by atoms with Gasteiger partial charge in [-0.15, -0.1) is 0 Å². The van der Waals surface area contributed by atoms with Crippen LogP contribution < -0.4 is 5.73 Å². The summed E-state index contributed by atoms with van der Waals surface area (Å²) < 4.78 is 0. The summed E-state index contributed by atoms with van der Waals surface area (Å²) in [5.41, 5.74) is 7.62. The van der Waals surface area contributed by atoms with E-state index < -0.39 is 0 Å². The Hall–Kier alpha value is -0.960. The molecule has 1 aromatic rings. The summed E-state index contributed by atoms with van der Waals surface area (Å²) >= 11 is 0. The highest BCUT2D eigenvalue weighted by atomic mass is 14.9. The Balaban J connectivity index is 2.19. The molecule has 64 valence electrons. The molecule has 0 aromatic carbocycles. The van der Waals surface area contributed by atoms with Crippen LogP contribution in [0.2, 0.25) is 0 Å². The molecule has 3 nitrogen and oxygen atoms in total. The van der Waals surface area contributed by atoms with Crippen LogP contribution in [-0.4, -0.2) is 9.97 Å². The van der Waals surface area contributed by atoms with Gasteiger partial charge in [0.2, 0.25) is 0 Å². The van der Waals surface area contributed by atoms with Gasteiger partial charge in [0.25, 0.3) is 0 Å². The Morgan fingerprint density at radius 2 is 2.25 bits per heavy atom. The molecular weight excluding hydrogens is 150 g/mol. The van der Waals surface area contributed by atoms with E-state index in [0.717, 1.165) is 5.69 Å². The number of nitrogens with zero attached hydrogens (tertiary/aromatic N) is 2.